The highest BCUT2D eigenvalue weighted by Crippen LogP contribution is 2.23. The minimum atomic E-state index is 0.768. The van der Waals surface area contributed by atoms with E-state index in [0.717, 1.165) is 43.4 Å². The van der Waals surface area contributed by atoms with Gasteiger partial charge in [-0.1, -0.05) is 23.7 Å². The van der Waals surface area contributed by atoms with E-state index in [4.69, 9.17) is 16.3 Å². The first-order chi connectivity index (χ1) is 8.83. The fourth-order valence-electron chi connectivity index (χ4n) is 2.01. The van der Waals surface area contributed by atoms with Gasteiger partial charge in [0.15, 0.2) is 0 Å². The Kier molecular flexibility index (Phi) is 5.05. The second-order valence-electron chi connectivity index (χ2n) is 4.13. The van der Waals surface area contributed by atoms with Crippen LogP contribution in [0.25, 0.3) is 10.9 Å². The highest BCUT2D eigenvalue weighted by atomic mass is 35.5. The molecule has 2 rings (SSSR count). The van der Waals surface area contributed by atoms with Gasteiger partial charge in [-0.05, 0) is 19.1 Å². The number of halogens is 1. The minimum Gasteiger partial charge on any atom is -0.380 e. The van der Waals surface area contributed by atoms with E-state index in [1.54, 1.807) is 0 Å². The summed E-state index contributed by atoms with van der Waals surface area (Å²) in [4.78, 5) is 0. The molecule has 0 bridgehead atoms. The van der Waals surface area contributed by atoms with Crippen LogP contribution in [0.1, 0.15) is 6.92 Å². The van der Waals surface area contributed by atoms with Crippen molar-refractivity contribution in [2.75, 3.05) is 26.3 Å². The predicted molar refractivity (Wildman–Crippen MR) is 76.3 cm³/mol. The number of fused-ring (bicyclic) bond motifs is 1. The molecule has 18 heavy (non-hydrogen) atoms. The highest BCUT2D eigenvalue weighted by Gasteiger charge is 2.03. The molecule has 98 valence electrons. The topological polar surface area (TPSA) is 26.2 Å². The third kappa shape index (κ3) is 3.25. The zero-order valence-electron chi connectivity index (χ0n) is 10.7. The molecule has 0 radical (unpaired) electrons. The molecule has 0 spiro atoms. The average Bonchev–Trinajstić information content (AvgIpc) is 2.78. The van der Waals surface area contributed by atoms with E-state index in [2.05, 4.69) is 28.2 Å². The average molecular weight is 267 g/mol. The minimum absolute atomic E-state index is 0.768. The van der Waals surface area contributed by atoms with Crippen LogP contribution in [-0.4, -0.2) is 30.9 Å². The van der Waals surface area contributed by atoms with Crippen LogP contribution in [-0.2, 0) is 11.3 Å². The maximum Gasteiger partial charge on any atom is 0.0670 e. The number of ether oxygens (including phenoxy) is 1. The third-order valence-electron chi connectivity index (χ3n) is 2.90. The first-order valence-corrected chi connectivity index (χ1v) is 6.72. The van der Waals surface area contributed by atoms with Crippen LogP contribution >= 0.6 is 11.6 Å². The van der Waals surface area contributed by atoms with Crippen LogP contribution in [0.4, 0.5) is 0 Å². The molecule has 1 aromatic carbocycles. The summed E-state index contributed by atoms with van der Waals surface area (Å²) in [5.41, 5.74) is 1.12. The molecule has 0 aliphatic rings. The number of rotatable bonds is 7. The van der Waals surface area contributed by atoms with Crippen LogP contribution < -0.4 is 5.32 Å². The van der Waals surface area contributed by atoms with E-state index < -0.39 is 0 Å². The van der Waals surface area contributed by atoms with Gasteiger partial charge in [0, 0.05) is 37.8 Å². The van der Waals surface area contributed by atoms with E-state index in [1.807, 2.05) is 19.1 Å². The number of aromatic nitrogens is 1. The lowest BCUT2D eigenvalue weighted by Gasteiger charge is -2.08. The molecule has 3 nitrogen and oxygen atoms in total. The van der Waals surface area contributed by atoms with Crippen molar-refractivity contribution in [1.29, 1.82) is 0 Å². The smallest absolute Gasteiger partial charge is 0.0670 e. The van der Waals surface area contributed by atoms with E-state index in [0.29, 0.717) is 0 Å². The summed E-state index contributed by atoms with van der Waals surface area (Å²) >= 11 is 6.22. The molecule has 0 saturated heterocycles. The van der Waals surface area contributed by atoms with Gasteiger partial charge in [-0.2, -0.15) is 0 Å². The van der Waals surface area contributed by atoms with Gasteiger partial charge in [-0.25, -0.2) is 0 Å². The van der Waals surface area contributed by atoms with Gasteiger partial charge < -0.3 is 14.6 Å². The second-order valence-corrected chi connectivity index (χ2v) is 4.54. The third-order valence-corrected chi connectivity index (χ3v) is 3.20. The first kappa shape index (κ1) is 13.4. The Morgan fingerprint density at radius 1 is 1.28 bits per heavy atom. The maximum absolute atomic E-state index is 6.22. The summed E-state index contributed by atoms with van der Waals surface area (Å²) in [6, 6.07) is 8.10. The SMILES string of the molecule is CCOCCNCCn1ccc2cccc(Cl)c21. The molecule has 1 N–H and O–H groups in total. The van der Waals surface area contributed by atoms with Crippen LogP contribution in [0.5, 0.6) is 0 Å². The lowest BCUT2D eigenvalue weighted by molar-refractivity contribution is 0.149. The standard InChI is InChI=1S/C14H19ClN2O/c1-2-18-11-8-16-7-10-17-9-6-12-4-3-5-13(15)14(12)17/h3-6,9,16H,2,7-8,10-11H2,1H3. The molecule has 0 unspecified atom stereocenters. The summed E-state index contributed by atoms with van der Waals surface area (Å²) in [6.45, 7) is 6.28. The lowest BCUT2D eigenvalue weighted by atomic mass is 10.2. The quantitative estimate of drug-likeness (QED) is 0.780. The van der Waals surface area contributed by atoms with Crippen LogP contribution in [0.2, 0.25) is 5.02 Å². The van der Waals surface area contributed by atoms with Gasteiger partial charge in [0.05, 0.1) is 17.1 Å². The van der Waals surface area contributed by atoms with E-state index in [1.165, 1.54) is 5.39 Å². The van der Waals surface area contributed by atoms with Gasteiger partial charge in [0.1, 0.15) is 0 Å². The van der Waals surface area contributed by atoms with Gasteiger partial charge >= 0.3 is 0 Å². The Morgan fingerprint density at radius 3 is 3.00 bits per heavy atom. The summed E-state index contributed by atoms with van der Waals surface area (Å²) in [5.74, 6) is 0. The van der Waals surface area contributed by atoms with Gasteiger partial charge in [-0.3, -0.25) is 0 Å². The number of hydrogen-bond acceptors (Lipinski definition) is 2. The first-order valence-electron chi connectivity index (χ1n) is 6.34. The molecule has 2 aromatic rings. The molecule has 0 aliphatic carbocycles. The maximum atomic E-state index is 6.22. The lowest BCUT2D eigenvalue weighted by Crippen LogP contribution is -2.23. The van der Waals surface area contributed by atoms with Crippen LogP contribution in [0, 0.1) is 0 Å². The molecule has 0 fully saturated rings. The summed E-state index contributed by atoms with van der Waals surface area (Å²) in [7, 11) is 0. The summed E-state index contributed by atoms with van der Waals surface area (Å²) in [5, 5.41) is 5.36. The Hall–Kier alpha value is -1.03. The number of benzene rings is 1. The Balaban J connectivity index is 1.88. The molecule has 0 atom stereocenters. The van der Waals surface area contributed by atoms with Crippen molar-refractivity contribution in [2.45, 2.75) is 13.5 Å². The zero-order chi connectivity index (χ0) is 12.8. The van der Waals surface area contributed by atoms with Crippen molar-refractivity contribution in [3.05, 3.63) is 35.5 Å². The normalized spacial score (nSPS) is 11.2. The molecule has 1 heterocycles. The number of nitrogens with one attached hydrogen (secondary N) is 1. The zero-order valence-corrected chi connectivity index (χ0v) is 11.4. The molecule has 1 aromatic heterocycles. The molecule has 0 amide bonds. The Morgan fingerprint density at radius 2 is 2.17 bits per heavy atom. The van der Waals surface area contributed by atoms with Crippen LogP contribution in [0.3, 0.4) is 0 Å². The molecule has 4 heteroatoms. The summed E-state index contributed by atoms with van der Waals surface area (Å²) in [6.07, 6.45) is 2.08. The van der Waals surface area contributed by atoms with Crippen molar-refractivity contribution in [3.63, 3.8) is 0 Å². The van der Waals surface area contributed by atoms with E-state index in [-0.39, 0.29) is 0 Å². The fraction of sp³-hybridized carbons (Fsp3) is 0.429. The van der Waals surface area contributed by atoms with Crippen molar-refractivity contribution >= 4 is 22.5 Å². The van der Waals surface area contributed by atoms with Crippen molar-refractivity contribution in [1.82, 2.24) is 9.88 Å². The predicted octanol–water partition coefficient (Wildman–Crippen LogP) is 2.92. The van der Waals surface area contributed by atoms with Crippen LogP contribution in [0.15, 0.2) is 30.5 Å². The Labute approximate surface area is 113 Å². The number of nitrogens with zero attached hydrogens (tertiary/aromatic N) is 1. The van der Waals surface area contributed by atoms with E-state index in [9.17, 15) is 0 Å². The highest BCUT2D eigenvalue weighted by molar-refractivity contribution is 6.35. The molecular formula is C14H19ClN2O. The molecule has 0 saturated carbocycles. The second kappa shape index (κ2) is 6.78. The van der Waals surface area contributed by atoms with Gasteiger partial charge in [0.25, 0.3) is 0 Å². The molecular weight excluding hydrogens is 248 g/mol. The van der Waals surface area contributed by atoms with Crippen molar-refractivity contribution in [3.8, 4) is 0 Å². The molecule has 0 aliphatic heterocycles. The summed E-state index contributed by atoms with van der Waals surface area (Å²) < 4.78 is 7.46. The monoisotopic (exact) mass is 266 g/mol. The number of para-hydroxylation sites is 1. The van der Waals surface area contributed by atoms with E-state index >= 15 is 0 Å². The largest absolute Gasteiger partial charge is 0.380 e. The fourth-order valence-corrected chi connectivity index (χ4v) is 2.30. The van der Waals surface area contributed by atoms with Crippen molar-refractivity contribution in [2.24, 2.45) is 0 Å². The van der Waals surface area contributed by atoms with Gasteiger partial charge in [0.2, 0.25) is 0 Å². The van der Waals surface area contributed by atoms with Crippen molar-refractivity contribution < 1.29 is 4.74 Å². The number of hydrogen-bond donors (Lipinski definition) is 1. The Bertz CT molecular complexity index is 495. The van der Waals surface area contributed by atoms with Gasteiger partial charge in [-0.15, -0.1) is 0 Å².